The Kier molecular flexibility index (Phi) is 4.63. The summed E-state index contributed by atoms with van der Waals surface area (Å²) < 4.78 is 5.28. The molecule has 120 valence electrons. The van der Waals surface area contributed by atoms with Crippen LogP contribution < -0.4 is 5.32 Å². The van der Waals surface area contributed by atoms with Gasteiger partial charge in [0.15, 0.2) is 0 Å². The Morgan fingerprint density at radius 1 is 1.45 bits per heavy atom. The van der Waals surface area contributed by atoms with Gasteiger partial charge in [-0.1, -0.05) is 0 Å². The van der Waals surface area contributed by atoms with Crippen molar-refractivity contribution >= 4 is 12.0 Å². The quantitative estimate of drug-likeness (QED) is 0.912. The van der Waals surface area contributed by atoms with Crippen LogP contribution in [0.3, 0.4) is 0 Å². The number of aryl methyl sites for hydroxylation is 1. The molecule has 2 amide bonds. The molecule has 1 aromatic heterocycles. The average molecular weight is 306 g/mol. The van der Waals surface area contributed by atoms with Crippen LogP contribution in [0, 0.1) is 6.92 Å². The van der Waals surface area contributed by atoms with Gasteiger partial charge in [0.25, 0.3) is 0 Å². The second-order valence-electron chi connectivity index (χ2n) is 6.31. The van der Waals surface area contributed by atoms with Crippen molar-refractivity contribution in [2.24, 2.45) is 0 Å². The van der Waals surface area contributed by atoms with E-state index in [9.17, 15) is 9.59 Å². The molecule has 1 atom stereocenters. The summed E-state index contributed by atoms with van der Waals surface area (Å²) in [6.07, 6.45) is 1.84. The number of nitrogens with zero attached hydrogens (tertiary/aromatic N) is 3. The van der Waals surface area contributed by atoms with Crippen LogP contribution in [0.25, 0.3) is 0 Å². The molecular weight excluding hydrogens is 284 g/mol. The number of amides is 2. The number of nitrogens with one attached hydrogen (secondary N) is 1. The Morgan fingerprint density at radius 2 is 2.18 bits per heavy atom. The number of carbonyl (C=O) groups is 2. The van der Waals surface area contributed by atoms with E-state index in [4.69, 9.17) is 4.74 Å². The minimum Gasteiger partial charge on any atom is -0.444 e. The van der Waals surface area contributed by atoms with Crippen molar-refractivity contribution < 1.29 is 14.3 Å². The fourth-order valence-electron chi connectivity index (χ4n) is 2.07. The standard InChI is InChI=1S/C15H22N4O3/c1-10-5-7-16-12(18-10)9-17-13(20)11-6-8-19(11)14(21)22-15(2,3)4/h5,7,11H,6,8-9H2,1-4H3,(H,17,20)/t11-/m1/s1. The van der Waals surface area contributed by atoms with E-state index in [0.717, 1.165) is 5.69 Å². The first-order valence-electron chi connectivity index (χ1n) is 7.32. The average Bonchev–Trinajstić information content (AvgIpc) is 2.32. The number of hydrogen-bond acceptors (Lipinski definition) is 5. The zero-order chi connectivity index (χ0) is 16.3. The second-order valence-corrected chi connectivity index (χ2v) is 6.31. The molecule has 7 heteroatoms. The summed E-state index contributed by atoms with van der Waals surface area (Å²) in [6.45, 7) is 8.05. The van der Waals surface area contributed by atoms with Gasteiger partial charge in [-0.25, -0.2) is 14.8 Å². The number of likely N-dealkylation sites (tertiary alicyclic amines) is 1. The fraction of sp³-hybridized carbons (Fsp3) is 0.600. The van der Waals surface area contributed by atoms with Crippen LogP contribution in [-0.2, 0) is 16.1 Å². The van der Waals surface area contributed by atoms with Crippen molar-refractivity contribution in [1.29, 1.82) is 0 Å². The van der Waals surface area contributed by atoms with Gasteiger partial charge in [-0.3, -0.25) is 9.69 Å². The molecule has 7 nitrogen and oxygen atoms in total. The van der Waals surface area contributed by atoms with Crippen molar-refractivity contribution in [2.75, 3.05) is 6.54 Å². The van der Waals surface area contributed by atoms with Crippen LogP contribution >= 0.6 is 0 Å². The van der Waals surface area contributed by atoms with Gasteiger partial charge in [0, 0.05) is 18.4 Å². The molecule has 0 bridgehead atoms. The molecule has 2 heterocycles. The molecule has 1 aromatic rings. The van der Waals surface area contributed by atoms with Crippen LogP contribution in [0.5, 0.6) is 0 Å². The highest BCUT2D eigenvalue weighted by Crippen LogP contribution is 2.21. The first-order chi connectivity index (χ1) is 10.3. The van der Waals surface area contributed by atoms with E-state index < -0.39 is 17.7 Å². The van der Waals surface area contributed by atoms with Crippen LogP contribution in [0.2, 0.25) is 0 Å². The molecular formula is C15H22N4O3. The lowest BCUT2D eigenvalue weighted by atomic mass is 10.0. The van der Waals surface area contributed by atoms with E-state index in [1.165, 1.54) is 4.90 Å². The van der Waals surface area contributed by atoms with Crippen molar-refractivity contribution in [3.8, 4) is 0 Å². The molecule has 0 aromatic carbocycles. The van der Waals surface area contributed by atoms with Gasteiger partial charge in [-0.05, 0) is 40.2 Å². The highest BCUT2D eigenvalue weighted by molar-refractivity contribution is 5.87. The second kappa shape index (κ2) is 6.29. The minimum atomic E-state index is -0.566. The van der Waals surface area contributed by atoms with Gasteiger partial charge in [0.1, 0.15) is 17.5 Å². The molecule has 0 aliphatic carbocycles. The van der Waals surface area contributed by atoms with E-state index in [0.29, 0.717) is 18.8 Å². The van der Waals surface area contributed by atoms with Crippen molar-refractivity contribution in [3.05, 3.63) is 23.8 Å². The van der Waals surface area contributed by atoms with E-state index in [1.807, 2.05) is 6.92 Å². The predicted octanol–water partition coefficient (Wildman–Crippen LogP) is 1.41. The normalized spacial score (nSPS) is 17.6. The number of aromatic nitrogens is 2. The summed E-state index contributed by atoms with van der Waals surface area (Å²) in [5, 5.41) is 2.76. The monoisotopic (exact) mass is 306 g/mol. The largest absolute Gasteiger partial charge is 0.444 e. The Hall–Kier alpha value is -2.18. The number of carbonyl (C=O) groups excluding carboxylic acids is 2. The smallest absolute Gasteiger partial charge is 0.410 e. The predicted molar refractivity (Wildman–Crippen MR) is 80.0 cm³/mol. The maximum atomic E-state index is 12.1. The first kappa shape index (κ1) is 16.2. The molecule has 1 aliphatic heterocycles. The Labute approximate surface area is 130 Å². The maximum Gasteiger partial charge on any atom is 0.410 e. The maximum absolute atomic E-state index is 12.1. The summed E-state index contributed by atoms with van der Waals surface area (Å²) in [7, 11) is 0. The number of ether oxygens (including phenoxy) is 1. The van der Waals surface area contributed by atoms with Gasteiger partial charge in [-0.2, -0.15) is 0 Å². The topological polar surface area (TPSA) is 84.4 Å². The summed E-state index contributed by atoms with van der Waals surface area (Å²) >= 11 is 0. The van der Waals surface area contributed by atoms with Gasteiger partial charge >= 0.3 is 6.09 Å². The zero-order valence-corrected chi connectivity index (χ0v) is 13.4. The van der Waals surface area contributed by atoms with Crippen molar-refractivity contribution in [3.63, 3.8) is 0 Å². The van der Waals surface area contributed by atoms with E-state index in [1.54, 1.807) is 33.0 Å². The van der Waals surface area contributed by atoms with Crippen LogP contribution in [0.4, 0.5) is 4.79 Å². The highest BCUT2D eigenvalue weighted by atomic mass is 16.6. The van der Waals surface area contributed by atoms with E-state index in [-0.39, 0.29) is 12.5 Å². The third-order valence-corrected chi connectivity index (χ3v) is 3.22. The molecule has 1 N–H and O–H groups in total. The van der Waals surface area contributed by atoms with Gasteiger partial charge < -0.3 is 10.1 Å². The number of hydrogen-bond donors (Lipinski definition) is 1. The molecule has 1 saturated heterocycles. The minimum absolute atomic E-state index is 0.206. The molecule has 22 heavy (non-hydrogen) atoms. The summed E-state index contributed by atoms with van der Waals surface area (Å²) in [5.74, 6) is 0.346. The third-order valence-electron chi connectivity index (χ3n) is 3.22. The molecule has 0 unspecified atom stereocenters. The van der Waals surface area contributed by atoms with Crippen LogP contribution in [0.1, 0.15) is 38.7 Å². The summed E-state index contributed by atoms with van der Waals surface area (Å²) in [6, 6.07) is 1.32. The van der Waals surface area contributed by atoms with Crippen molar-refractivity contribution in [1.82, 2.24) is 20.2 Å². The number of rotatable bonds is 3. The lowest BCUT2D eigenvalue weighted by Gasteiger charge is -2.40. The Balaban J connectivity index is 1.86. The van der Waals surface area contributed by atoms with E-state index >= 15 is 0 Å². The van der Waals surface area contributed by atoms with Gasteiger partial charge in [0.2, 0.25) is 5.91 Å². The summed E-state index contributed by atoms with van der Waals surface area (Å²) in [4.78, 5) is 33.9. The molecule has 2 rings (SSSR count). The van der Waals surface area contributed by atoms with Crippen LogP contribution in [-0.4, -0.2) is 45.1 Å². The SMILES string of the molecule is Cc1ccnc(CNC(=O)[C@H]2CCN2C(=O)OC(C)(C)C)n1. The molecule has 0 saturated carbocycles. The molecule has 1 aliphatic rings. The highest BCUT2D eigenvalue weighted by Gasteiger charge is 2.39. The van der Waals surface area contributed by atoms with E-state index in [2.05, 4.69) is 15.3 Å². The Bertz CT molecular complexity index is 568. The molecule has 1 fully saturated rings. The molecule has 0 spiro atoms. The lowest BCUT2D eigenvalue weighted by molar-refractivity contribution is -0.130. The third kappa shape index (κ3) is 4.16. The van der Waals surface area contributed by atoms with Crippen LogP contribution in [0.15, 0.2) is 12.3 Å². The summed E-state index contributed by atoms with van der Waals surface area (Å²) in [5.41, 5.74) is 0.279. The molecule has 0 radical (unpaired) electrons. The zero-order valence-electron chi connectivity index (χ0n) is 13.4. The fourth-order valence-corrected chi connectivity index (χ4v) is 2.07. The van der Waals surface area contributed by atoms with Gasteiger partial charge in [0.05, 0.1) is 6.54 Å². The first-order valence-corrected chi connectivity index (χ1v) is 7.32. The van der Waals surface area contributed by atoms with Crippen molar-refractivity contribution in [2.45, 2.75) is 52.3 Å². The lowest BCUT2D eigenvalue weighted by Crippen LogP contribution is -2.59. The van der Waals surface area contributed by atoms with Gasteiger partial charge in [-0.15, -0.1) is 0 Å². The Morgan fingerprint density at radius 3 is 2.73 bits per heavy atom.